The molecule has 0 aliphatic heterocycles. The molecule has 1 aromatic carbocycles. The number of alkyl halides is 2. The summed E-state index contributed by atoms with van der Waals surface area (Å²) in [7, 11) is 0. The van der Waals surface area contributed by atoms with Crippen LogP contribution in [0.4, 0.5) is 5.69 Å². The third-order valence-electron chi connectivity index (χ3n) is 2.24. The van der Waals surface area contributed by atoms with E-state index >= 15 is 0 Å². The zero-order valence-corrected chi connectivity index (χ0v) is 10.7. The lowest BCUT2D eigenvalue weighted by atomic mass is 10.1. The summed E-state index contributed by atoms with van der Waals surface area (Å²) in [6.07, 6.45) is 3.42. The summed E-state index contributed by atoms with van der Waals surface area (Å²) in [6, 6.07) is 7.73. The number of amides is 1. The first kappa shape index (κ1) is 13.3. The molecule has 1 N–H and O–H groups in total. The molecule has 0 unspecified atom stereocenters. The van der Waals surface area contributed by atoms with Gasteiger partial charge < -0.3 is 5.32 Å². The maximum atomic E-state index is 11.2. The number of hydrogen-bond acceptors (Lipinski definition) is 1. The van der Waals surface area contributed by atoms with Gasteiger partial charge in [-0.25, -0.2) is 0 Å². The van der Waals surface area contributed by atoms with Gasteiger partial charge in [-0.15, -0.1) is 0 Å². The molecule has 16 heavy (non-hydrogen) atoms. The average molecular weight is 260 g/mol. The van der Waals surface area contributed by atoms with Crippen molar-refractivity contribution in [3.05, 3.63) is 29.8 Å². The molecular formula is C12H15Cl2NO. The van der Waals surface area contributed by atoms with Crippen LogP contribution < -0.4 is 5.32 Å². The summed E-state index contributed by atoms with van der Waals surface area (Å²) in [5.74, 6) is -0.398. The number of unbranched alkanes of at least 4 members (excludes halogenated alkanes) is 1. The lowest BCUT2D eigenvalue weighted by Gasteiger charge is -2.06. The standard InChI is InChI=1S/C12H15Cl2NO/c1-2-3-4-9-5-7-10(8-6-9)15-12(16)11(13)14/h5-8,11H,2-4H2,1H3,(H,15,16). The SMILES string of the molecule is CCCCc1ccc(NC(=O)C(Cl)Cl)cc1. The highest BCUT2D eigenvalue weighted by Gasteiger charge is 2.10. The van der Waals surface area contributed by atoms with Crippen LogP contribution in [0.5, 0.6) is 0 Å². The topological polar surface area (TPSA) is 29.1 Å². The van der Waals surface area contributed by atoms with E-state index in [1.165, 1.54) is 18.4 Å². The fourth-order valence-corrected chi connectivity index (χ4v) is 1.44. The second-order valence-electron chi connectivity index (χ2n) is 3.59. The van der Waals surface area contributed by atoms with Crippen LogP contribution in [0.2, 0.25) is 0 Å². The van der Waals surface area contributed by atoms with Crippen molar-refractivity contribution in [3.63, 3.8) is 0 Å². The monoisotopic (exact) mass is 259 g/mol. The van der Waals surface area contributed by atoms with Gasteiger partial charge in [-0.05, 0) is 30.5 Å². The van der Waals surface area contributed by atoms with Crippen LogP contribution >= 0.6 is 23.2 Å². The molecule has 88 valence electrons. The largest absolute Gasteiger partial charge is 0.324 e. The molecule has 4 heteroatoms. The van der Waals surface area contributed by atoms with Gasteiger partial charge in [0.15, 0.2) is 4.84 Å². The molecule has 0 atom stereocenters. The summed E-state index contributed by atoms with van der Waals surface area (Å²) in [5.41, 5.74) is 1.99. The fourth-order valence-electron chi connectivity index (χ4n) is 1.33. The molecule has 1 amide bonds. The van der Waals surface area contributed by atoms with Gasteiger partial charge in [-0.1, -0.05) is 48.7 Å². The highest BCUT2D eigenvalue weighted by atomic mass is 35.5. The van der Waals surface area contributed by atoms with E-state index in [9.17, 15) is 4.79 Å². The Morgan fingerprint density at radius 2 is 1.94 bits per heavy atom. The lowest BCUT2D eigenvalue weighted by Crippen LogP contribution is -2.18. The number of benzene rings is 1. The first-order valence-electron chi connectivity index (χ1n) is 5.31. The predicted octanol–water partition coefficient (Wildman–Crippen LogP) is 3.77. The molecule has 0 spiro atoms. The quantitative estimate of drug-likeness (QED) is 0.802. The van der Waals surface area contributed by atoms with E-state index in [4.69, 9.17) is 23.2 Å². The molecule has 1 aromatic rings. The van der Waals surface area contributed by atoms with E-state index in [-0.39, 0.29) is 0 Å². The Bertz CT molecular complexity index is 335. The summed E-state index contributed by atoms with van der Waals surface area (Å²) in [5, 5.41) is 2.62. The van der Waals surface area contributed by atoms with E-state index in [0.29, 0.717) is 0 Å². The van der Waals surface area contributed by atoms with E-state index < -0.39 is 10.7 Å². The van der Waals surface area contributed by atoms with Crippen molar-refractivity contribution in [1.29, 1.82) is 0 Å². The van der Waals surface area contributed by atoms with Gasteiger partial charge in [0.1, 0.15) is 0 Å². The Morgan fingerprint density at radius 1 is 1.31 bits per heavy atom. The van der Waals surface area contributed by atoms with Crippen LogP contribution in [0.3, 0.4) is 0 Å². The number of carbonyl (C=O) groups excluding carboxylic acids is 1. The van der Waals surface area contributed by atoms with Crippen molar-refractivity contribution in [3.8, 4) is 0 Å². The number of carbonyl (C=O) groups is 1. The van der Waals surface area contributed by atoms with Crippen LogP contribution in [0.25, 0.3) is 0 Å². The van der Waals surface area contributed by atoms with E-state index in [1.807, 2.05) is 24.3 Å². The smallest absolute Gasteiger partial charge is 0.257 e. The molecule has 0 saturated carbocycles. The van der Waals surface area contributed by atoms with Crippen LogP contribution in [-0.4, -0.2) is 10.7 Å². The number of nitrogens with one attached hydrogen (secondary N) is 1. The van der Waals surface area contributed by atoms with Gasteiger partial charge in [0, 0.05) is 5.69 Å². The Balaban J connectivity index is 2.54. The fraction of sp³-hybridized carbons (Fsp3) is 0.417. The van der Waals surface area contributed by atoms with Crippen LogP contribution in [0.15, 0.2) is 24.3 Å². The number of rotatable bonds is 5. The lowest BCUT2D eigenvalue weighted by molar-refractivity contribution is -0.114. The van der Waals surface area contributed by atoms with E-state index in [1.54, 1.807) is 0 Å². The predicted molar refractivity (Wildman–Crippen MR) is 69.2 cm³/mol. The molecule has 0 radical (unpaired) electrons. The second-order valence-corrected chi connectivity index (χ2v) is 4.69. The maximum Gasteiger partial charge on any atom is 0.257 e. The van der Waals surface area contributed by atoms with Gasteiger partial charge in [0.05, 0.1) is 0 Å². The Kier molecular flexibility index (Phi) is 5.64. The minimum absolute atomic E-state index is 0.398. The van der Waals surface area contributed by atoms with Crippen molar-refractivity contribution >= 4 is 34.8 Å². The minimum atomic E-state index is -1.03. The molecule has 0 aliphatic carbocycles. The highest BCUT2D eigenvalue weighted by molar-refractivity contribution is 6.54. The van der Waals surface area contributed by atoms with Gasteiger partial charge in [-0.2, -0.15) is 0 Å². The number of halogens is 2. The molecule has 0 saturated heterocycles. The average Bonchev–Trinajstić information content (AvgIpc) is 2.28. The molecule has 0 heterocycles. The van der Waals surface area contributed by atoms with E-state index in [2.05, 4.69) is 12.2 Å². The van der Waals surface area contributed by atoms with Crippen LogP contribution in [0, 0.1) is 0 Å². The van der Waals surface area contributed by atoms with Crippen molar-refractivity contribution in [2.75, 3.05) is 5.32 Å². The third-order valence-corrected chi connectivity index (χ3v) is 2.64. The number of hydrogen-bond donors (Lipinski definition) is 1. The number of anilines is 1. The van der Waals surface area contributed by atoms with Gasteiger partial charge in [0.25, 0.3) is 5.91 Å². The Hall–Kier alpha value is -0.730. The molecule has 1 rings (SSSR count). The van der Waals surface area contributed by atoms with Crippen LogP contribution in [-0.2, 0) is 11.2 Å². The summed E-state index contributed by atoms with van der Waals surface area (Å²) in [6.45, 7) is 2.16. The van der Waals surface area contributed by atoms with Crippen molar-refractivity contribution in [1.82, 2.24) is 0 Å². The molecule has 0 aliphatic rings. The zero-order valence-electron chi connectivity index (χ0n) is 9.17. The number of aryl methyl sites for hydroxylation is 1. The maximum absolute atomic E-state index is 11.2. The Labute approximate surface area is 106 Å². The third kappa shape index (κ3) is 4.42. The minimum Gasteiger partial charge on any atom is -0.324 e. The normalized spacial score (nSPS) is 10.5. The molecule has 0 aromatic heterocycles. The second kappa shape index (κ2) is 6.77. The van der Waals surface area contributed by atoms with Crippen LogP contribution in [0.1, 0.15) is 25.3 Å². The summed E-state index contributed by atoms with van der Waals surface area (Å²) in [4.78, 5) is 10.2. The van der Waals surface area contributed by atoms with Crippen molar-refractivity contribution < 1.29 is 4.79 Å². The van der Waals surface area contributed by atoms with E-state index in [0.717, 1.165) is 12.1 Å². The van der Waals surface area contributed by atoms with Gasteiger partial charge >= 0.3 is 0 Å². The summed E-state index contributed by atoms with van der Waals surface area (Å²) >= 11 is 10.9. The molecule has 2 nitrogen and oxygen atoms in total. The summed E-state index contributed by atoms with van der Waals surface area (Å²) < 4.78 is 0. The van der Waals surface area contributed by atoms with Gasteiger partial charge in [0.2, 0.25) is 0 Å². The first-order valence-corrected chi connectivity index (χ1v) is 6.18. The molecular weight excluding hydrogens is 245 g/mol. The molecule has 0 bridgehead atoms. The molecule has 0 fully saturated rings. The Morgan fingerprint density at radius 3 is 2.44 bits per heavy atom. The first-order chi connectivity index (χ1) is 7.63. The van der Waals surface area contributed by atoms with Crippen molar-refractivity contribution in [2.45, 2.75) is 31.0 Å². The zero-order chi connectivity index (χ0) is 12.0. The van der Waals surface area contributed by atoms with Gasteiger partial charge in [-0.3, -0.25) is 4.79 Å². The highest BCUT2D eigenvalue weighted by Crippen LogP contribution is 2.13. The van der Waals surface area contributed by atoms with Crippen molar-refractivity contribution in [2.24, 2.45) is 0 Å².